The third kappa shape index (κ3) is 3.35. The number of benzene rings is 1. The van der Waals surface area contributed by atoms with E-state index >= 15 is 0 Å². The molecule has 0 fully saturated rings. The van der Waals surface area contributed by atoms with Crippen LogP contribution in [0.25, 0.3) is 0 Å². The molecule has 3 heteroatoms. The van der Waals surface area contributed by atoms with Gasteiger partial charge < -0.3 is 11.1 Å². The maximum atomic E-state index is 11.7. The Morgan fingerprint density at radius 1 is 1.38 bits per heavy atom. The lowest BCUT2D eigenvalue weighted by Crippen LogP contribution is -2.35. The van der Waals surface area contributed by atoms with Crippen molar-refractivity contribution in [3.8, 4) is 0 Å². The lowest BCUT2D eigenvalue weighted by Gasteiger charge is -2.19. The zero-order valence-corrected chi connectivity index (χ0v) is 9.94. The highest BCUT2D eigenvalue weighted by atomic mass is 16.1. The monoisotopic (exact) mass is 220 g/mol. The number of nitrogens with two attached hydrogens (primary N) is 1. The number of hydrogen-bond acceptors (Lipinski definition) is 2. The van der Waals surface area contributed by atoms with Crippen LogP contribution in [-0.4, -0.2) is 12.5 Å². The standard InChI is InChI=1S/C13H20N2O/c1-3-12(11-7-5-4-6-8-11)15-13(16)10(2)9-14/h4-8,10,12H,3,9,14H2,1-2H3,(H,15,16)/t10?,12-/m0/s1. The average molecular weight is 220 g/mol. The third-order valence-corrected chi connectivity index (χ3v) is 2.73. The molecule has 0 bridgehead atoms. The topological polar surface area (TPSA) is 55.1 Å². The van der Waals surface area contributed by atoms with Gasteiger partial charge in [-0.2, -0.15) is 0 Å². The Kier molecular flexibility index (Phi) is 4.99. The largest absolute Gasteiger partial charge is 0.349 e. The van der Waals surface area contributed by atoms with Gasteiger partial charge in [-0.3, -0.25) is 4.79 Å². The molecule has 0 radical (unpaired) electrons. The van der Waals surface area contributed by atoms with Gasteiger partial charge in [0.25, 0.3) is 0 Å². The zero-order valence-electron chi connectivity index (χ0n) is 9.94. The molecule has 0 spiro atoms. The molecule has 3 nitrogen and oxygen atoms in total. The second-order valence-electron chi connectivity index (χ2n) is 4.02. The van der Waals surface area contributed by atoms with Gasteiger partial charge in [0.1, 0.15) is 0 Å². The molecule has 1 rings (SSSR count). The minimum Gasteiger partial charge on any atom is -0.349 e. The Balaban J connectivity index is 2.66. The van der Waals surface area contributed by atoms with Crippen LogP contribution < -0.4 is 11.1 Å². The highest BCUT2D eigenvalue weighted by Crippen LogP contribution is 2.16. The predicted molar refractivity (Wildman–Crippen MR) is 65.8 cm³/mol. The van der Waals surface area contributed by atoms with Crippen LogP contribution >= 0.6 is 0 Å². The minimum absolute atomic E-state index is 0.0261. The molecular formula is C13H20N2O. The van der Waals surface area contributed by atoms with Crippen molar-refractivity contribution >= 4 is 5.91 Å². The highest BCUT2D eigenvalue weighted by Gasteiger charge is 2.16. The fourth-order valence-corrected chi connectivity index (χ4v) is 1.53. The lowest BCUT2D eigenvalue weighted by molar-refractivity contribution is -0.125. The summed E-state index contributed by atoms with van der Waals surface area (Å²) < 4.78 is 0. The first-order valence-corrected chi connectivity index (χ1v) is 5.74. The molecule has 3 N–H and O–H groups in total. The van der Waals surface area contributed by atoms with Crippen molar-refractivity contribution in [2.75, 3.05) is 6.54 Å². The van der Waals surface area contributed by atoms with Crippen molar-refractivity contribution in [1.82, 2.24) is 5.32 Å². The van der Waals surface area contributed by atoms with Crippen molar-refractivity contribution in [2.24, 2.45) is 11.7 Å². The molecule has 1 aromatic carbocycles. The molecule has 0 saturated heterocycles. The molecule has 16 heavy (non-hydrogen) atoms. The SMILES string of the molecule is CC[C@H](NC(=O)C(C)CN)c1ccccc1. The van der Waals surface area contributed by atoms with Crippen molar-refractivity contribution in [3.05, 3.63) is 35.9 Å². The van der Waals surface area contributed by atoms with Crippen molar-refractivity contribution in [3.63, 3.8) is 0 Å². The summed E-state index contributed by atoms with van der Waals surface area (Å²) in [6.07, 6.45) is 0.882. The van der Waals surface area contributed by atoms with Gasteiger partial charge in [0.15, 0.2) is 0 Å². The summed E-state index contributed by atoms with van der Waals surface area (Å²) in [5.74, 6) is -0.101. The summed E-state index contributed by atoms with van der Waals surface area (Å²) in [6, 6.07) is 10.1. The number of nitrogens with one attached hydrogen (secondary N) is 1. The van der Waals surface area contributed by atoms with E-state index in [-0.39, 0.29) is 17.9 Å². The summed E-state index contributed by atoms with van der Waals surface area (Å²) in [5.41, 5.74) is 6.61. The van der Waals surface area contributed by atoms with Crippen LogP contribution in [0.2, 0.25) is 0 Å². The van der Waals surface area contributed by atoms with E-state index in [2.05, 4.69) is 12.2 Å². The van der Waals surface area contributed by atoms with E-state index in [9.17, 15) is 4.79 Å². The van der Waals surface area contributed by atoms with Crippen LogP contribution in [-0.2, 0) is 4.79 Å². The fourth-order valence-electron chi connectivity index (χ4n) is 1.53. The first-order chi connectivity index (χ1) is 7.69. The van der Waals surface area contributed by atoms with E-state index < -0.39 is 0 Å². The lowest BCUT2D eigenvalue weighted by atomic mass is 10.0. The van der Waals surface area contributed by atoms with E-state index in [0.29, 0.717) is 6.54 Å². The summed E-state index contributed by atoms with van der Waals surface area (Å²) in [6.45, 7) is 4.29. The van der Waals surface area contributed by atoms with Crippen LogP contribution in [0.1, 0.15) is 31.9 Å². The number of hydrogen-bond donors (Lipinski definition) is 2. The normalized spacial score (nSPS) is 14.2. The highest BCUT2D eigenvalue weighted by molar-refractivity contribution is 5.78. The number of amides is 1. The molecule has 1 unspecified atom stereocenters. The Morgan fingerprint density at radius 3 is 2.50 bits per heavy atom. The van der Waals surface area contributed by atoms with Gasteiger partial charge in [-0.25, -0.2) is 0 Å². The molecule has 2 atom stereocenters. The quantitative estimate of drug-likeness (QED) is 0.795. The molecule has 0 heterocycles. The second-order valence-corrected chi connectivity index (χ2v) is 4.02. The van der Waals surface area contributed by atoms with Crippen LogP contribution in [0, 0.1) is 5.92 Å². The second kappa shape index (κ2) is 6.28. The van der Waals surface area contributed by atoms with Gasteiger partial charge >= 0.3 is 0 Å². The summed E-state index contributed by atoms with van der Waals surface area (Å²) in [4.78, 5) is 11.7. The van der Waals surface area contributed by atoms with Crippen LogP contribution in [0.5, 0.6) is 0 Å². The van der Waals surface area contributed by atoms with Gasteiger partial charge in [0.05, 0.1) is 6.04 Å². The summed E-state index contributed by atoms with van der Waals surface area (Å²) in [5, 5.41) is 3.01. The molecule has 1 amide bonds. The molecule has 0 aliphatic carbocycles. The number of rotatable bonds is 5. The van der Waals surface area contributed by atoms with E-state index in [0.717, 1.165) is 12.0 Å². The molecule has 0 aliphatic heterocycles. The molecule has 88 valence electrons. The first kappa shape index (κ1) is 12.7. The summed E-state index contributed by atoms with van der Waals surface area (Å²) >= 11 is 0. The van der Waals surface area contributed by atoms with Crippen LogP contribution in [0.15, 0.2) is 30.3 Å². The van der Waals surface area contributed by atoms with Gasteiger partial charge in [-0.05, 0) is 12.0 Å². The molecule has 1 aromatic rings. The van der Waals surface area contributed by atoms with Gasteiger partial charge in [0.2, 0.25) is 5.91 Å². The Labute approximate surface area is 97.0 Å². The third-order valence-electron chi connectivity index (χ3n) is 2.73. The van der Waals surface area contributed by atoms with E-state index in [1.54, 1.807) is 0 Å². The minimum atomic E-state index is -0.127. The van der Waals surface area contributed by atoms with Gasteiger partial charge in [0, 0.05) is 12.5 Å². The molecule has 0 aliphatic rings. The molecule has 0 saturated carbocycles. The fraction of sp³-hybridized carbons (Fsp3) is 0.462. The van der Waals surface area contributed by atoms with Crippen LogP contribution in [0.4, 0.5) is 0 Å². The number of carbonyl (C=O) groups excluding carboxylic acids is 1. The number of carbonyl (C=O) groups is 1. The van der Waals surface area contributed by atoms with Gasteiger partial charge in [-0.1, -0.05) is 44.2 Å². The first-order valence-electron chi connectivity index (χ1n) is 5.74. The average Bonchev–Trinajstić information content (AvgIpc) is 2.35. The van der Waals surface area contributed by atoms with Crippen molar-refractivity contribution in [1.29, 1.82) is 0 Å². The smallest absolute Gasteiger partial charge is 0.224 e. The zero-order chi connectivity index (χ0) is 12.0. The maximum absolute atomic E-state index is 11.7. The Morgan fingerprint density at radius 2 is 2.00 bits per heavy atom. The van der Waals surface area contributed by atoms with Crippen molar-refractivity contribution < 1.29 is 4.79 Å². The van der Waals surface area contributed by atoms with Crippen molar-refractivity contribution in [2.45, 2.75) is 26.3 Å². The van der Waals surface area contributed by atoms with E-state index in [1.165, 1.54) is 0 Å². The maximum Gasteiger partial charge on any atom is 0.224 e. The van der Waals surface area contributed by atoms with E-state index in [1.807, 2.05) is 37.3 Å². The summed E-state index contributed by atoms with van der Waals surface area (Å²) in [7, 11) is 0. The Bertz CT molecular complexity index is 324. The molecular weight excluding hydrogens is 200 g/mol. The van der Waals surface area contributed by atoms with Crippen LogP contribution in [0.3, 0.4) is 0 Å². The molecule has 0 aromatic heterocycles. The predicted octanol–water partition coefficient (Wildman–Crippen LogP) is 1.85. The van der Waals surface area contributed by atoms with Gasteiger partial charge in [-0.15, -0.1) is 0 Å². The van der Waals surface area contributed by atoms with E-state index in [4.69, 9.17) is 5.73 Å². The Hall–Kier alpha value is -1.35.